The van der Waals surface area contributed by atoms with Crippen LogP contribution in [0.4, 0.5) is 11.4 Å². The van der Waals surface area contributed by atoms with Crippen LogP contribution >= 0.6 is 23.2 Å². The molecule has 0 unspecified atom stereocenters. The first-order chi connectivity index (χ1) is 22.0. The van der Waals surface area contributed by atoms with Crippen LogP contribution in [0.25, 0.3) is 43.6 Å². The van der Waals surface area contributed by atoms with E-state index in [-0.39, 0.29) is 0 Å². The molecule has 0 saturated carbocycles. The molecule has 4 aromatic carbocycles. The summed E-state index contributed by atoms with van der Waals surface area (Å²) in [5.41, 5.74) is 5.65. The Morgan fingerprint density at radius 3 is 1.48 bits per heavy atom. The van der Waals surface area contributed by atoms with E-state index in [0.717, 1.165) is 106 Å². The Kier molecular flexibility index (Phi) is 9.66. The predicted molar refractivity (Wildman–Crippen MR) is 187 cm³/mol. The van der Waals surface area contributed by atoms with E-state index in [4.69, 9.17) is 44.0 Å². The van der Waals surface area contributed by atoms with Gasteiger partial charge >= 0.3 is 0 Å². The molecule has 6 aromatic rings. The number of methoxy groups -OCH3 is 2. The maximum atomic E-state index is 6.27. The van der Waals surface area contributed by atoms with E-state index in [1.807, 2.05) is 72.8 Å². The van der Waals surface area contributed by atoms with Crippen molar-refractivity contribution in [2.45, 2.75) is 20.2 Å². The quantitative estimate of drug-likeness (QED) is 0.0919. The van der Waals surface area contributed by atoms with Crippen LogP contribution in [0.5, 0.6) is 11.5 Å². The van der Waals surface area contributed by atoms with Gasteiger partial charge in [-0.15, -0.1) is 0 Å². The van der Waals surface area contributed by atoms with Crippen molar-refractivity contribution in [3.05, 3.63) is 82.8 Å². The largest absolute Gasteiger partial charge is 0.497 e. The van der Waals surface area contributed by atoms with Gasteiger partial charge in [-0.05, 0) is 98.7 Å². The minimum Gasteiger partial charge on any atom is -0.497 e. The maximum absolute atomic E-state index is 6.27. The van der Waals surface area contributed by atoms with E-state index in [2.05, 4.69) is 16.0 Å². The summed E-state index contributed by atoms with van der Waals surface area (Å²) < 4.78 is 16.7. The number of fused-ring (bicyclic) bond motifs is 4. The average Bonchev–Trinajstić information content (AvgIpc) is 3.06. The lowest BCUT2D eigenvalue weighted by Crippen LogP contribution is -2.21. The van der Waals surface area contributed by atoms with E-state index in [9.17, 15) is 0 Å². The molecule has 0 aliphatic heterocycles. The Labute approximate surface area is 269 Å². The molecule has 0 aliphatic rings. The van der Waals surface area contributed by atoms with Crippen molar-refractivity contribution in [3.8, 4) is 11.5 Å². The van der Waals surface area contributed by atoms with Gasteiger partial charge in [0.2, 0.25) is 0 Å². The van der Waals surface area contributed by atoms with Gasteiger partial charge in [-0.2, -0.15) is 0 Å². The molecule has 6 rings (SSSR count). The number of benzene rings is 4. The Morgan fingerprint density at radius 2 is 1.05 bits per heavy atom. The van der Waals surface area contributed by atoms with Crippen molar-refractivity contribution in [1.29, 1.82) is 0 Å². The van der Waals surface area contributed by atoms with E-state index >= 15 is 0 Å². The minimum absolute atomic E-state index is 0.673. The lowest BCUT2D eigenvalue weighted by molar-refractivity contribution is 0.415. The number of rotatable bonds is 12. The van der Waals surface area contributed by atoms with Crippen LogP contribution in [0, 0.1) is 0 Å². The summed E-state index contributed by atoms with van der Waals surface area (Å²) in [6, 6.07) is 23.6. The third kappa shape index (κ3) is 6.70. The highest BCUT2D eigenvalue weighted by Crippen LogP contribution is 2.35. The monoisotopic (exact) mass is 630 g/mol. The second-order valence-electron chi connectivity index (χ2n) is 10.4. The zero-order valence-electron chi connectivity index (χ0n) is 26.1. The van der Waals surface area contributed by atoms with Crippen molar-refractivity contribution < 1.29 is 10.8 Å². The first-order valence-corrected chi connectivity index (χ1v) is 15.1. The van der Waals surface area contributed by atoms with Crippen LogP contribution in [0.15, 0.2) is 72.8 Å². The fraction of sp³-hybridized carbons (Fsp3) is 0.257. The smallest absolute Gasteiger partial charge is 0.119 e. The van der Waals surface area contributed by atoms with Gasteiger partial charge in [-0.1, -0.05) is 30.6 Å². The Morgan fingerprint density at radius 1 is 0.591 bits per heavy atom. The lowest BCUT2D eigenvalue weighted by Gasteiger charge is -2.15. The van der Waals surface area contributed by atoms with Gasteiger partial charge in [-0.25, -0.2) is 9.97 Å². The van der Waals surface area contributed by atoms with Gasteiger partial charge in [0.1, 0.15) is 11.5 Å². The molecular formula is C35H37Cl2N5O2. The summed E-state index contributed by atoms with van der Waals surface area (Å²) in [5.74, 6) is 1.60. The van der Waals surface area contributed by atoms with E-state index in [1.165, 1.54) is 7.40 Å². The fourth-order valence-corrected chi connectivity index (χ4v) is 5.74. The highest BCUT2D eigenvalue weighted by Gasteiger charge is 2.12. The molecule has 0 atom stereocenters. The minimum atomic E-state index is 0.673. The Hall–Kier alpha value is -4.04. The zero-order chi connectivity index (χ0) is 31.8. The second-order valence-corrected chi connectivity index (χ2v) is 11.2. The second kappa shape index (κ2) is 14.2. The SMILES string of the molecule is COc1ccc2nc3cc(Cl)ccc3c(NCCCNCCCNc3c4ccc(Cl)cc4nc4ccc(OC)cc34)c2c1.[2H]C. The summed E-state index contributed by atoms with van der Waals surface area (Å²) in [5, 5.41) is 16.4. The van der Waals surface area contributed by atoms with Gasteiger partial charge in [0.05, 0.1) is 47.7 Å². The molecule has 2 heterocycles. The standard InChI is InChI=1S/C34H33Cl2N5O2.CH4/c1-42-23-7-11-29-27(19-23)33(25-9-5-21(35)17-31(25)40-29)38-15-3-13-37-14-4-16-39-34-26-10-6-22(36)18-32(26)41-30-12-8-24(43-2)20-28(30)34;/h5-12,17-20,37H,3-4,13-16H2,1-2H3,(H,38,40)(H,39,41);1H4/i;1D. The molecule has 0 aliphatic carbocycles. The number of hydrogen-bond donors (Lipinski definition) is 3. The molecule has 0 radical (unpaired) electrons. The summed E-state index contributed by atoms with van der Waals surface area (Å²) in [6.07, 6.45) is 1.94. The molecule has 44 heavy (non-hydrogen) atoms. The van der Waals surface area contributed by atoms with E-state index < -0.39 is 0 Å². The van der Waals surface area contributed by atoms with Crippen LogP contribution in [0.1, 0.15) is 21.6 Å². The van der Waals surface area contributed by atoms with Gasteiger partial charge in [0, 0.05) is 46.1 Å². The topological polar surface area (TPSA) is 80.3 Å². The summed E-state index contributed by atoms with van der Waals surface area (Å²) in [4.78, 5) is 9.63. The number of nitrogens with zero attached hydrogens (tertiary/aromatic N) is 2. The molecule has 0 amide bonds. The molecular weight excluding hydrogens is 593 g/mol. The van der Waals surface area contributed by atoms with E-state index in [0.29, 0.717) is 10.0 Å². The van der Waals surface area contributed by atoms with Crippen LogP contribution in [0.3, 0.4) is 0 Å². The number of pyridine rings is 2. The molecule has 0 spiro atoms. The summed E-state index contributed by atoms with van der Waals surface area (Å²) in [7, 11) is 4.61. The summed E-state index contributed by atoms with van der Waals surface area (Å²) in [6.45, 7) is 3.44. The van der Waals surface area contributed by atoms with Gasteiger partial charge < -0.3 is 25.4 Å². The van der Waals surface area contributed by atoms with Crippen molar-refractivity contribution in [1.82, 2.24) is 15.3 Å². The molecule has 2 aromatic heterocycles. The van der Waals surface area contributed by atoms with Gasteiger partial charge in [-0.3, -0.25) is 0 Å². The van der Waals surface area contributed by atoms with Crippen molar-refractivity contribution >= 4 is 78.2 Å². The molecule has 0 saturated heterocycles. The predicted octanol–water partition coefficient (Wildman–Crippen LogP) is 8.94. The first-order valence-electron chi connectivity index (χ1n) is 15.4. The van der Waals surface area contributed by atoms with Crippen molar-refractivity contribution in [2.24, 2.45) is 0 Å². The third-order valence-electron chi connectivity index (χ3n) is 7.55. The maximum Gasteiger partial charge on any atom is 0.119 e. The molecule has 228 valence electrons. The van der Waals surface area contributed by atoms with Crippen molar-refractivity contribution in [3.63, 3.8) is 0 Å². The fourth-order valence-electron chi connectivity index (χ4n) is 5.41. The van der Waals surface area contributed by atoms with Crippen LogP contribution < -0.4 is 25.4 Å². The number of aromatic nitrogens is 2. The Balaban J connectivity index is 0.00000196. The molecule has 0 fully saturated rings. The summed E-state index contributed by atoms with van der Waals surface area (Å²) >= 11 is 12.5. The lowest BCUT2D eigenvalue weighted by atomic mass is 10.1. The van der Waals surface area contributed by atoms with Crippen LogP contribution in [-0.4, -0.2) is 50.4 Å². The number of nitrogens with one attached hydrogen (secondary N) is 3. The van der Waals surface area contributed by atoms with Crippen LogP contribution in [-0.2, 0) is 0 Å². The van der Waals surface area contributed by atoms with Crippen LogP contribution in [0.2, 0.25) is 10.0 Å². The number of anilines is 2. The normalized spacial score (nSPS) is 11.3. The zero-order valence-corrected chi connectivity index (χ0v) is 26.6. The average molecular weight is 632 g/mol. The Bertz CT molecular complexity index is 1800. The first kappa shape index (κ1) is 30.0. The van der Waals surface area contributed by atoms with E-state index in [1.54, 1.807) is 14.2 Å². The van der Waals surface area contributed by atoms with Gasteiger partial charge in [0.25, 0.3) is 0 Å². The number of hydrogen-bond acceptors (Lipinski definition) is 7. The molecule has 3 N–H and O–H groups in total. The molecule has 9 heteroatoms. The third-order valence-corrected chi connectivity index (χ3v) is 8.02. The highest BCUT2D eigenvalue weighted by molar-refractivity contribution is 6.32. The molecule has 0 bridgehead atoms. The van der Waals surface area contributed by atoms with Gasteiger partial charge in [0.15, 0.2) is 0 Å². The van der Waals surface area contributed by atoms with Crippen molar-refractivity contribution in [2.75, 3.05) is 51.0 Å². The molecule has 7 nitrogen and oxygen atoms in total. The number of ether oxygens (including phenoxy) is 2. The highest BCUT2D eigenvalue weighted by atomic mass is 35.5. The number of halogens is 2.